The van der Waals surface area contributed by atoms with Gasteiger partial charge in [-0.2, -0.15) is 0 Å². The third kappa shape index (κ3) is 21.6. The highest BCUT2D eigenvalue weighted by Crippen LogP contribution is 2.42. The van der Waals surface area contributed by atoms with Gasteiger partial charge in [-0.1, -0.05) is 243 Å². The van der Waals surface area contributed by atoms with Gasteiger partial charge >= 0.3 is 0 Å². The smallest absolute Gasteiger partial charge is 0.0248 e. The molecule has 0 heterocycles. The lowest BCUT2D eigenvalue weighted by atomic mass is 9.66. The average Bonchev–Trinajstić information content (AvgIpc) is 3.19. The van der Waals surface area contributed by atoms with Crippen LogP contribution >= 0.6 is 0 Å². The molecule has 0 spiro atoms. The van der Waals surface area contributed by atoms with E-state index >= 15 is 0 Å². The summed E-state index contributed by atoms with van der Waals surface area (Å²) in [4.78, 5) is 0. The van der Waals surface area contributed by atoms with Crippen molar-refractivity contribution >= 4 is 0 Å². The Bertz CT molecular complexity index is 1200. The third-order valence-corrected chi connectivity index (χ3v) is 11.7. The van der Waals surface area contributed by atoms with Crippen LogP contribution in [0.1, 0.15) is 249 Å². The van der Waals surface area contributed by atoms with E-state index in [4.69, 9.17) is 0 Å². The second-order valence-corrected chi connectivity index (χ2v) is 16.7. The van der Waals surface area contributed by atoms with Gasteiger partial charge in [-0.05, 0) is 67.0 Å². The molecular formula is C54H85. The fraction of sp³-hybridized carbons (Fsp3) is 0.685. The van der Waals surface area contributed by atoms with E-state index in [1.807, 2.05) is 0 Å². The zero-order valence-electron chi connectivity index (χ0n) is 36.5. The van der Waals surface area contributed by atoms with Crippen LogP contribution in [0.15, 0.2) is 48.5 Å². The van der Waals surface area contributed by atoms with E-state index in [-0.39, 0.29) is 5.41 Å². The summed E-state index contributed by atoms with van der Waals surface area (Å²) >= 11 is 0. The van der Waals surface area contributed by atoms with Crippen molar-refractivity contribution in [1.82, 2.24) is 0 Å². The second-order valence-electron chi connectivity index (χ2n) is 16.7. The SMILES string of the molecule is CCCCCCCCCCCCC#Cc1cccc(C([CH]C(C)CCCCCCCC)(CC)c2cccc(C#CCCCCCCCCCCCC)c2)c1. The summed E-state index contributed by atoms with van der Waals surface area (Å²) in [6.45, 7) is 11.7. The van der Waals surface area contributed by atoms with Gasteiger partial charge in [0.15, 0.2) is 0 Å². The average molecular weight is 734 g/mol. The molecule has 1 radical (unpaired) electrons. The van der Waals surface area contributed by atoms with Gasteiger partial charge in [0.05, 0.1) is 0 Å². The van der Waals surface area contributed by atoms with E-state index < -0.39 is 0 Å². The molecule has 0 N–H and O–H groups in total. The Hall–Kier alpha value is -2.44. The van der Waals surface area contributed by atoms with Crippen molar-refractivity contribution in [3.8, 4) is 23.7 Å². The molecular weight excluding hydrogens is 649 g/mol. The third-order valence-electron chi connectivity index (χ3n) is 11.7. The number of rotatable bonds is 32. The first-order valence-electron chi connectivity index (χ1n) is 23.6. The number of unbranched alkanes of at least 4 members (excludes halogenated alkanes) is 25. The van der Waals surface area contributed by atoms with E-state index in [0.29, 0.717) is 5.92 Å². The van der Waals surface area contributed by atoms with Crippen molar-refractivity contribution in [2.24, 2.45) is 5.92 Å². The predicted molar refractivity (Wildman–Crippen MR) is 242 cm³/mol. The van der Waals surface area contributed by atoms with Crippen molar-refractivity contribution in [3.63, 3.8) is 0 Å². The van der Waals surface area contributed by atoms with Gasteiger partial charge in [0.25, 0.3) is 0 Å². The molecule has 0 aromatic heterocycles. The number of hydrogen-bond donors (Lipinski definition) is 0. The molecule has 0 bridgehead atoms. The van der Waals surface area contributed by atoms with Crippen LogP contribution in [0.5, 0.6) is 0 Å². The monoisotopic (exact) mass is 734 g/mol. The van der Waals surface area contributed by atoms with Gasteiger partial charge in [0.2, 0.25) is 0 Å². The molecule has 2 aromatic rings. The summed E-state index contributed by atoms with van der Waals surface area (Å²) in [6, 6.07) is 18.4. The predicted octanol–water partition coefficient (Wildman–Crippen LogP) is 17.3. The van der Waals surface area contributed by atoms with Crippen LogP contribution in [0.25, 0.3) is 0 Å². The molecule has 1 unspecified atom stereocenters. The standard InChI is InChI=1S/C54H85/c1-6-10-13-16-19-21-23-25-27-29-32-35-40-50-42-37-44-52(46-50)54(9-4,48-49(5)39-34-31-18-15-12-8-3)53-45-38-43-51(47-53)41-36-33-30-28-26-24-22-20-17-14-11-7-2/h37-38,42-49H,6-34,39H2,1-5H3. The fourth-order valence-corrected chi connectivity index (χ4v) is 8.18. The molecule has 0 aliphatic heterocycles. The van der Waals surface area contributed by atoms with Gasteiger partial charge in [-0.25, -0.2) is 0 Å². The first-order chi connectivity index (χ1) is 26.6. The van der Waals surface area contributed by atoms with Gasteiger partial charge < -0.3 is 0 Å². The molecule has 1 atom stereocenters. The lowest BCUT2D eigenvalue weighted by molar-refractivity contribution is 0.447. The van der Waals surface area contributed by atoms with Gasteiger partial charge in [0.1, 0.15) is 0 Å². The largest absolute Gasteiger partial charge is 0.0979 e. The van der Waals surface area contributed by atoms with Crippen LogP contribution in [0.2, 0.25) is 0 Å². The van der Waals surface area contributed by atoms with Gasteiger partial charge in [-0.3, -0.25) is 0 Å². The first-order valence-corrected chi connectivity index (χ1v) is 23.6. The summed E-state index contributed by atoms with van der Waals surface area (Å²) in [6.07, 6.45) is 42.5. The molecule has 0 saturated heterocycles. The Kier molecular flexibility index (Phi) is 29.0. The normalized spacial score (nSPS) is 11.9. The van der Waals surface area contributed by atoms with Crippen LogP contribution in [-0.2, 0) is 5.41 Å². The van der Waals surface area contributed by atoms with E-state index in [0.717, 1.165) is 30.4 Å². The minimum atomic E-state index is -0.163. The van der Waals surface area contributed by atoms with Gasteiger partial charge in [-0.15, -0.1) is 0 Å². The molecule has 2 aromatic carbocycles. The summed E-state index contributed by atoms with van der Waals surface area (Å²) in [5, 5.41) is 0. The quantitative estimate of drug-likeness (QED) is 0.0519. The summed E-state index contributed by atoms with van der Waals surface area (Å²) < 4.78 is 0. The molecule has 0 heteroatoms. The van der Waals surface area contributed by atoms with Crippen molar-refractivity contribution < 1.29 is 0 Å². The maximum atomic E-state index is 3.57. The highest BCUT2D eigenvalue weighted by atomic mass is 14.4. The summed E-state index contributed by atoms with van der Waals surface area (Å²) in [7, 11) is 0. The maximum Gasteiger partial charge on any atom is 0.0248 e. The van der Waals surface area contributed by atoms with Crippen molar-refractivity contribution in [3.05, 3.63) is 77.2 Å². The Morgan fingerprint density at radius 2 is 0.815 bits per heavy atom. The van der Waals surface area contributed by atoms with E-state index in [9.17, 15) is 0 Å². The molecule has 0 saturated carbocycles. The van der Waals surface area contributed by atoms with Crippen LogP contribution < -0.4 is 0 Å². The van der Waals surface area contributed by atoms with Crippen molar-refractivity contribution in [2.45, 2.75) is 233 Å². The van der Waals surface area contributed by atoms with Gasteiger partial charge in [0, 0.05) is 29.4 Å². The molecule has 0 nitrogen and oxygen atoms in total. The highest BCUT2D eigenvalue weighted by Gasteiger charge is 2.34. The summed E-state index contributed by atoms with van der Waals surface area (Å²) in [5.41, 5.74) is 4.90. The Morgan fingerprint density at radius 3 is 1.19 bits per heavy atom. The molecule has 54 heavy (non-hydrogen) atoms. The van der Waals surface area contributed by atoms with Crippen molar-refractivity contribution in [2.75, 3.05) is 0 Å². The number of benzene rings is 2. The molecule has 0 amide bonds. The second kappa shape index (κ2) is 32.8. The van der Waals surface area contributed by atoms with E-state index in [1.165, 1.54) is 184 Å². The molecule has 0 aliphatic rings. The minimum absolute atomic E-state index is 0.163. The maximum absolute atomic E-state index is 3.57. The van der Waals surface area contributed by atoms with Crippen LogP contribution in [0.3, 0.4) is 0 Å². The molecule has 0 fully saturated rings. The Morgan fingerprint density at radius 1 is 0.463 bits per heavy atom. The van der Waals surface area contributed by atoms with E-state index in [1.54, 1.807) is 0 Å². The Balaban J connectivity index is 2.07. The molecule has 2 rings (SSSR count). The highest BCUT2D eigenvalue weighted by molar-refractivity contribution is 5.50. The van der Waals surface area contributed by atoms with Crippen molar-refractivity contribution in [1.29, 1.82) is 0 Å². The van der Waals surface area contributed by atoms with Crippen LogP contribution in [-0.4, -0.2) is 0 Å². The zero-order valence-corrected chi connectivity index (χ0v) is 36.5. The first kappa shape index (κ1) is 47.7. The Labute approximate surface area is 338 Å². The zero-order chi connectivity index (χ0) is 38.8. The minimum Gasteiger partial charge on any atom is -0.0979 e. The van der Waals surface area contributed by atoms with Crippen LogP contribution in [0.4, 0.5) is 0 Å². The van der Waals surface area contributed by atoms with E-state index in [2.05, 4.69) is 113 Å². The topological polar surface area (TPSA) is 0 Å². The lowest BCUT2D eigenvalue weighted by Gasteiger charge is -2.37. The summed E-state index contributed by atoms with van der Waals surface area (Å²) in [5.74, 6) is 14.7. The molecule has 0 aliphatic carbocycles. The number of hydrogen-bond acceptors (Lipinski definition) is 0. The fourth-order valence-electron chi connectivity index (χ4n) is 8.18. The lowest BCUT2D eigenvalue weighted by Crippen LogP contribution is -2.30. The molecule has 301 valence electrons. The van der Waals surface area contributed by atoms with Crippen LogP contribution in [0, 0.1) is 36.0 Å².